The van der Waals surface area contributed by atoms with E-state index in [1.165, 1.54) is 246 Å². The smallest absolute Gasteiger partial charge is 0.0910 e. The van der Waals surface area contributed by atoms with Gasteiger partial charge < -0.3 is 21.9 Å². The molecule has 19 heteroatoms. The molecule has 6 aromatic carbocycles. The molecule has 0 unspecified atom stereocenters. The van der Waals surface area contributed by atoms with Gasteiger partial charge in [0.2, 0.25) is 0 Å². The van der Waals surface area contributed by atoms with Crippen molar-refractivity contribution in [2.45, 2.75) is 255 Å². The molecule has 0 saturated carbocycles. The summed E-state index contributed by atoms with van der Waals surface area (Å²) < 4.78 is 0. The SMILES string of the molecule is CCCCCCCCC1(CCCCCCCC)c2cc(C)ccc2-c2ccc(C3=CC=C(C)C(=NC)C3=NC)cc21.CN=C1C(/C(C)=C/C=C(C)C)=CC=C(/C(C)=C/C=C(C)C)C1=NC.CN=C1C(=NC)C(/C(C)=C/C=C(C)C)=C(C)C(C)=C1/C(C)=C/C=C(C)C.CN=C1C(c2ccc(C)cc2)=CC(C)=C(c2ccc(C)cc2)C1=NC.CN=C1C(c2ccc(C)cc2)=CC=C(c2ccc(C)cc2)C1=NC.O.O.O.O.S.S.S.S.S. The van der Waals surface area contributed by atoms with Gasteiger partial charge in [0.05, 0.1) is 57.1 Å². The van der Waals surface area contributed by atoms with Crippen molar-refractivity contribution in [3.63, 3.8) is 0 Å². The summed E-state index contributed by atoms with van der Waals surface area (Å²) >= 11 is 0. The van der Waals surface area contributed by atoms with Gasteiger partial charge in [0.1, 0.15) is 0 Å². The van der Waals surface area contributed by atoms with E-state index >= 15 is 0 Å². The Morgan fingerprint density at radius 2 is 0.530 bits per heavy atom. The third-order valence-corrected chi connectivity index (χ3v) is 26.8. The van der Waals surface area contributed by atoms with E-state index in [-0.39, 0.29) is 94.8 Å². The number of hydrogen-bond acceptors (Lipinski definition) is 10. The van der Waals surface area contributed by atoms with Gasteiger partial charge in [0.25, 0.3) is 0 Å². The fourth-order valence-corrected chi connectivity index (χ4v) is 19.1. The third kappa shape index (κ3) is 36.9. The van der Waals surface area contributed by atoms with Crippen LogP contribution in [0.15, 0.2) is 364 Å². The van der Waals surface area contributed by atoms with Crippen LogP contribution in [-0.4, -0.2) is 149 Å². The fourth-order valence-electron chi connectivity index (χ4n) is 19.1. The number of allylic oxidation sites excluding steroid dienone is 36. The van der Waals surface area contributed by atoms with Crippen LogP contribution in [0.1, 0.15) is 281 Å². The number of aryl methyl sites for hydroxylation is 5. The van der Waals surface area contributed by atoms with E-state index in [1.54, 1.807) is 11.1 Å². The molecule has 0 saturated heterocycles. The van der Waals surface area contributed by atoms with E-state index in [0.717, 1.165) is 85.0 Å². The molecule has 0 radical (unpaired) electrons. The lowest BCUT2D eigenvalue weighted by atomic mass is 9.70. The van der Waals surface area contributed by atoms with Gasteiger partial charge in [-0.2, -0.15) is 67.5 Å². The molecule has 6 aromatic rings. The zero-order valence-electron chi connectivity index (χ0n) is 96.2. The highest BCUT2D eigenvalue weighted by molar-refractivity contribution is 7.60. The lowest BCUT2D eigenvalue weighted by molar-refractivity contribution is 0.397. The molecule has 806 valence electrons. The van der Waals surface area contributed by atoms with Crippen molar-refractivity contribution in [2.24, 2.45) is 49.9 Å². The second-order valence-corrected chi connectivity index (χ2v) is 38.9. The summed E-state index contributed by atoms with van der Waals surface area (Å²) in [6.07, 6.45) is 51.1. The maximum Gasteiger partial charge on any atom is 0.0910 e. The first-order valence-electron chi connectivity index (χ1n) is 50.8. The predicted octanol–water partition coefficient (Wildman–Crippen LogP) is 31.2. The summed E-state index contributed by atoms with van der Waals surface area (Å²) in [6, 6.07) is 48.8. The molecule has 12 rings (SSSR count). The van der Waals surface area contributed by atoms with Crippen LogP contribution >= 0.6 is 67.5 Å². The molecule has 0 amide bonds. The summed E-state index contributed by atoms with van der Waals surface area (Å²) in [7, 11) is 18.5. The molecule has 0 spiro atoms. The Morgan fingerprint density at radius 3 is 0.872 bits per heavy atom. The van der Waals surface area contributed by atoms with Crippen LogP contribution < -0.4 is 0 Å². The molecule has 0 aliphatic heterocycles. The summed E-state index contributed by atoms with van der Waals surface area (Å²) in [5.41, 5.74) is 53.5. The number of hydrogen-bond donors (Lipinski definition) is 0. The zero-order valence-corrected chi connectivity index (χ0v) is 101. The topological polar surface area (TPSA) is 250 Å². The zero-order chi connectivity index (χ0) is 103. The predicted molar refractivity (Wildman–Crippen MR) is 691 cm³/mol. The first-order chi connectivity index (χ1) is 67.1. The highest BCUT2D eigenvalue weighted by Crippen LogP contribution is 2.55. The third-order valence-electron chi connectivity index (χ3n) is 26.8. The van der Waals surface area contributed by atoms with Gasteiger partial charge in [-0.05, 0) is 265 Å². The first kappa shape index (κ1) is 140. The van der Waals surface area contributed by atoms with Crippen molar-refractivity contribution in [1.82, 2.24) is 0 Å². The second-order valence-electron chi connectivity index (χ2n) is 38.9. The van der Waals surface area contributed by atoms with Crippen molar-refractivity contribution >= 4 is 152 Å². The van der Waals surface area contributed by atoms with Crippen molar-refractivity contribution in [1.29, 1.82) is 0 Å². The van der Waals surface area contributed by atoms with E-state index in [4.69, 9.17) is 4.99 Å². The Labute approximate surface area is 933 Å². The summed E-state index contributed by atoms with van der Waals surface area (Å²) in [5, 5.41) is 0. The lowest BCUT2D eigenvalue weighted by Crippen LogP contribution is -2.27. The van der Waals surface area contributed by atoms with Crippen molar-refractivity contribution in [3.05, 3.63) is 381 Å². The Hall–Kier alpha value is -11.1. The van der Waals surface area contributed by atoms with Crippen molar-refractivity contribution in [3.8, 4) is 11.1 Å². The fraction of sp³-hybridized carbons (Fsp3) is 0.369. The number of unbranched alkanes of at least 4 members (excludes halogenated alkanes) is 10. The Morgan fingerprint density at radius 1 is 0.255 bits per heavy atom. The maximum absolute atomic E-state index is 4.74. The quantitative estimate of drug-likeness (QED) is 0.0265. The lowest BCUT2D eigenvalue weighted by Gasteiger charge is -2.33. The molecule has 0 aromatic heterocycles. The Bertz CT molecular complexity index is 6230. The standard InChI is InChI=1S/C39H54N2.C24H34N2.C23H24N2.C22H22N2.C22H30N2.4H2O.5H2S/c1-7-9-11-13-15-17-25-39(26-18-16-14-12-10-8-2)35-27-29(3)19-22-33(35)34-24-21-31(28-36(34)39)32-23-20-30(4)37(40-5)38(32)41-6;1-15(2)11-13-17(5)21-19(7)20(8)22(18(6)14-12-16(3)4)24(26-10)23(21)25-9;1-15-6-10-18(11-7-15)20-14-17(3)21(23(25-5)22(20)24-4)19-12-8-16(2)9-13-19;1-15-5-9-17(10-6-15)19-13-14-20(22(24-4)21(19)23-3)18-11-7-16(2)8-12-18;1-15(2)9-11-17(5)19-13-14-20(18(6)12-10-16(3)4)22(24-8)21(19)23-7;;;;;;;;;/h19-24,27-28H,7-18,25-26H2,1-6H3;11-14H,1-10H3;6-14H,1-5H3;5-14H,1-4H3;9-14H,1-8H3;9*1H2/b;17-13+,18-14+,25-23?,26-24?;;;17-11+,18-12+,23-21?,24-22?;;;;;;;;;. The average molecular weight is 2110 g/mol. The Balaban J connectivity index is 0. The number of aliphatic imine (C=N–C) groups is 10. The Kier molecular flexibility index (Phi) is 65.2. The molecular formula is C130H182N10O4S5. The van der Waals surface area contributed by atoms with Gasteiger partial charge in [0, 0.05) is 126 Å². The van der Waals surface area contributed by atoms with Gasteiger partial charge in [-0.1, -0.05) is 353 Å². The number of benzene rings is 6. The highest BCUT2D eigenvalue weighted by atomic mass is 32.1. The van der Waals surface area contributed by atoms with Gasteiger partial charge in [0.15, 0.2) is 0 Å². The normalized spacial score (nSPS) is 17.2. The van der Waals surface area contributed by atoms with E-state index in [1.807, 2.05) is 70.5 Å². The summed E-state index contributed by atoms with van der Waals surface area (Å²) in [5.74, 6) is 0. The van der Waals surface area contributed by atoms with Gasteiger partial charge in [-0.3, -0.25) is 49.9 Å². The molecule has 6 aliphatic rings. The average Bonchev–Trinajstić information content (AvgIpc) is 1.56. The maximum atomic E-state index is 4.74. The monoisotopic (exact) mass is 2110 g/mol. The van der Waals surface area contributed by atoms with Gasteiger partial charge in [-0.15, -0.1) is 0 Å². The molecule has 0 bridgehead atoms. The van der Waals surface area contributed by atoms with E-state index in [9.17, 15) is 0 Å². The van der Waals surface area contributed by atoms with Crippen LogP contribution in [0.4, 0.5) is 0 Å². The van der Waals surface area contributed by atoms with E-state index in [0.29, 0.717) is 0 Å². The minimum absolute atomic E-state index is 0. The molecule has 0 atom stereocenters. The molecular weight excluding hydrogens is 1930 g/mol. The molecule has 149 heavy (non-hydrogen) atoms. The van der Waals surface area contributed by atoms with Crippen molar-refractivity contribution in [2.75, 3.05) is 70.5 Å². The summed E-state index contributed by atoms with van der Waals surface area (Å²) in [6.45, 7) is 49.4. The number of rotatable bonds is 27. The highest BCUT2D eigenvalue weighted by Gasteiger charge is 2.43. The van der Waals surface area contributed by atoms with Crippen LogP contribution in [-0.2, 0) is 5.41 Å². The largest absolute Gasteiger partial charge is 0.412 e. The van der Waals surface area contributed by atoms with Crippen LogP contribution in [0.5, 0.6) is 0 Å². The van der Waals surface area contributed by atoms with Gasteiger partial charge in [-0.25, -0.2) is 0 Å². The molecule has 14 nitrogen and oxygen atoms in total. The van der Waals surface area contributed by atoms with Crippen LogP contribution in [0, 0.1) is 34.6 Å². The number of fused-ring (bicyclic) bond motifs is 3. The van der Waals surface area contributed by atoms with Gasteiger partial charge >= 0.3 is 0 Å². The molecule has 6 aliphatic carbocycles. The van der Waals surface area contributed by atoms with Crippen molar-refractivity contribution < 1.29 is 21.9 Å². The van der Waals surface area contributed by atoms with Crippen LogP contribution in [0.25, 0.3) is 39.0 Å². The molecule has 0 fully saturated rings. The van der Waals surface area contributed by atoms with E-state index < -0.39 is 0 Å². The minimum Gasteiger partial charge on any atom is -0.412 e. The first-order valence-corrected chi connectivity index (χ1v) is 50.8. The second kappa shape index (κ2) is 69.4. The molecule has 0 heterocycles. The van der Waals surface area contributed by atoms with E-state index in [2.05, 4.69) is 429 Å². The summed E-state index contributed by atoms with van der Waals surface area (Å²) in [4.78, 5) is 46.0. The molecule has 8 N–H and O–H groups in total. The minimum atomic E-state index is 0. The van der Waals surface area contributed by atoms with Crippen LogP contribution in [0.3, 0.4) is 0 Å². The van der Waals surface area contributed by atoms with Crippen LogP contribution in [0.2, 0.25) is 0 Å². The number of nitrogens with zero attached hydrogens (tertiary/aromatic N) is 10.